The van der Waals surface area contributed by atoms with Gasteiger partial charge in [0.05, 0.1) is 23.3 Å². The molecule has 2 aromatic heterocycles. The van der Waals surface area contributed by atoms with Crippen molar-refractivity contribution in [2.24, 2.45) is 0 Å². The van der Waals surface area contributed by atoms with Crippen LogP contribution in [0.25, 0.3) is 22.0 Å². The number of fused-ring (bicyclic) bond motifs is 1. The predicted octanol–water partition coefficient (Wildman–Crippen LogP) is 4.72. The van der Waals surface area contributed by atoms with Crippen molar-refractivity contribution >= 4 is 26.6 Å². The number of methoxy groups -OCH3 is 1. The first-order valence-electron chi connectivity index (χ1n) is 8.76. The number of hydrogen-bond acceptors (Lipinski definition) is 6. The van der Waals surface area contributed by atoms with Gasteiger partial charge in [0.25, 0.3) is 10.0 Å². The molecule has 4 rings (SSSR count). The van der Waals surface area contributed by atoms with Gasteiger partial charge in [0.15, 0.2) is 5.82 Å². The molecule has 11 heteroatoms. The number of nitrogens with zero attached hydrogens (tertiary/aromatic N) is 2. The second-order valence-electron chi connectivity index (χ2n) is 6.45. The molecule has 0 aliphatic rings. The second kappa shape index (κ2) is 7.58. The van der Waals surface area contributed by atoms with E-state index in [4.69, 9.17) is 4.74 Å². The van der Waals surface area contributed by atoms with Gasteiger partial charge in [-0.2, -0.15) is 13.2 Å². The van der Waals surface area contributed by atoms with Gasteiger partial charge in [-0.05, 0) is 41.8 Å². The summed E-state index contributed by atoms with van der Waals surface area (Å²) in [6.07, 6.45) is -1.85. The fraction of sp³-hybridized carbons (Fsp3) is 0.100. The Bertz CT molecular complexity index is 1350. The summed E-state index contributed by atoms with van der Waals surface area (Å²) in [5, 5.41) is 4.58. The van der Waals surface area contributed by atoms with Gasteiger partial charge in [0.2, 0.25) is 0 Å². The lowest BCUT2D eigenvalue weighted by atomic mass is 10.0. The molecule has 0 amide bonds. The Hall–Kier alpha value is -3.60. The van der Waals surface area contributed by atoms with E-state index < -0.39 is 21.8 Å². The van der Waals surface area contributed by atoms with Crippen molar-refractivity contribution in [3.05, 3.63) is 66.6 Å². The summed E-state index contributed by atoms with van der Waals surface area (Å²) in [4.78, 5) is 4.25. The fourth-order valence-electron chi connectivity index (χ4n) is 3.06. The smallest absolute Gasteiger partial charge is 0.416 e. The van der Waals surface area contributed by atoms with Gasteiger partial charge in [-0.1, -0.05) is 11.2 Å². The number of sulfonamides is 1. The summed E-state index contributed by atoms with van der Waals surface area (Å²) in [5.74, 6) is 0.0317. The molecule has 160 valence electrons. The highest BCUT2D eigenvalue weighted by atomic mass is 32.2. The van der Waals surface area contributed by atoms with Crippen LogP contribution in [0, 0.1) is 0 Å². The SMILES string of the molecule is COc1cc(C(F)(F)F)ccc1-c1nccc2cc(S(=O)(=O)Nc3ccon3)ccc12. The average Bonchev–Trinajstić information content (AvgIpc) is 3.24. The van der Waals surface area contributed by atoms with Gasteiger partial charge < -0.3 is 9.26 Å². The Balaban J connectivity index is 1.79. The number of hydrogen-bond donors (Lipinski definition) is 1. The lowest BCUT2D eigenvalue weighted by Crippen LogP contribution is -2.13. The summed E-state index contributed by atoms with van der Waals surface area (Å²) in [7, 11) is -2.66. The molecule has 2 aromatic carbocycles. The third-order valence-corrected chi connectivity index (χ3v) is 5.86. The quantitative estimate of drug-likeness (QED) is 0.474. The maximum absolute atomic E-state index is 13.0. The number of rotatable bonds is 5. The number of nitrogens with one attached hydrogen (secondary N) is 1. The Kier molecular flexibility index (Phi) is 5.05. The number of ether oxygens (including phenoxy) is 1. The molecule has 0 fully saturated rings. The molecule has 7 nitrogen and oxygen atoms in total. The topological polar surface area (TPSA) is 94.3 Å². The van der Waals surface area contributed by atoms with Crippen molar-refractivity contribution in [3.63, 3.8) is 0 Å². The molecule has 0 aliphatic carbocycles. The first-order chi connectivity index (χ1) is 14.7. The summed E-state index contributed by atoms with van der Waals surface area (Å²) >= 11 is 0. The summed E-state index contributed by atoms with van der Waals surface area (Å²) < 4.78 is 76.4. The molecule has 0 radical (unpaired) electrons. The summed E-state index contributed by atoms with van der Waals surface area (Å²) in [6, 6.07) is 10.4. The van der Waals surface area contributed by atoms with Crippen molar-refractivity contribution in [2.75, 3.05) is 11.8 Å². The average molecular weight is 449 g/mol. The molecule has 0 atom stereocenters. The van der Waals surface area contributed by atoms with Crippen molar-refractivity contribution in [1.29, 1.82) is 0 Å². The summed E-state index contributed by atoms with van der Waals surface area (Å²) in [5.41, 5.74) is -0.144. The third-order valence-electron chi connectivity index (χ3n) is 4.51. The highest BCUT2D eigenvalue weighted by molar-refractivity contribution is 7.92. The van der Waals surface area contributed by atoms with Gasteiger partial charge in [-0.3, -0.25) is 9.71 Å². The van der Waals surface area contributed by atoms with Crippen LogP contribution in [0.1, 0.15) is 5.56 Å². The van der Waals surface area contributed by atoms with Crippen molar-refractivity contribution < 1.29 is 30.8 Å². The molecule has 31 heavy (non-hydrogen) atoms. The zero-order valence-corrected chi connectivity index (χ0v) is 16.7. The van der Waals surface area contributed by atoms with Crippen LogP contribution in [0.2, 0.25) is 0 Å². The van der Waals surface area contributed by atoms with E-state index in [1.165, 1.54) is 49.9 Å². The number of aromatic nitrogens is 2. The summed E-state index contributed by atoms with van der Waals surface area (Å²) in [6.45, 7) is 0. The fourth-order valence-corrected chi connectivity index (χ4v) is 4.09. The van der Waals surface area contributed by atoms with Crippen LogP contribution in [0.15, 0.2) is 70.4 Å². The zero-order chi connectivity index (χ0) is 22.2. The Morgan fingerprint density at radius 1 is 1.06 bits per heavy atom. The molecule has 0 spiro atoms. The Morgan fingerprint density at radius 2 is 1.87 bits per heavy atom. The van der Waals surface area contributed by atoms with Crippen LogP contribution in [0.5, 0.6) is 5.75 Å². The number of anilines is 1. The van der Waals surface area contributed by atoms with Crippen molar-refractivity contribution in [1.82, 2.24) is 10.1 Å². The highest BCUT2D eigenvalue weighted by Crippen LogP contribution is 2.38. The van der Waals surface area contributed by atoms with Gasteiger partial charge >= 0.3 is 6.18 Å². The van der Waals surface area contributed by atoms with E-state index in [9.17, 15) is 21.6 Å². The number of pyridine rings is 1. The molecule has 0 saturated heterocycles. The van der Waals surface area contributed by atoms with E-state index in [0.29, 0.717) is 22.0 Å². The molecule has 1 N–H and O–H groups in total. The van der Waals surface area contributed by atoms with Crippen LogP contribution in [0.4, 0.5) is 19.0 Å². The number of alkyl halides is 3. The molecule has 4 aromatic rings. The van der Waals surface area contributed by atoms with Crippen LogP contribution < -0.4 is 9.46 Å². The van der Waals surface area contributed by atoms with Crippen LogP contribution in [0.3, 0.4) is 0 Å². The lowest BCUT2D eigenvalue weighted by Gasteiger charge is -2.14. The second-order valence-corrected chi connectivity index (χ2v) is 8.13. The molecular formula is C20H14F3N3O4S. The number of benzene rings is 2. The zero-order valence-electron chi connectivity index (χ0n) is 15.8. The molecule has 0 unspecified atom stereocenters. The normalized spacial score (nSPS) is 12.1. The van der Waals surface area contributed by atoms with Crippen molar-refractivity contribution in [3.8, 4) is 17.0 Å². The Labute approximate surface area is 174 Å². The Morgan fingerprint density at radius 3 is 2.55 bits per heavy atom. The minimum Gasteiger partial charge on any atom is -0.496 e. The molecular weight excluding hydrogens is 435 g/mol. The van der Waals surface area contributed by atoms with Gasteiger partial charge in [-0.25, -0.2) is 8.42 Å². The molecule has 2 heterocycles. The van der Waals surface area contributed by atoms with Gasteiger partial charge in [-0.15, -0.1) is 0 Å². The van der Waals surface area contributed by atoms with Crippen LogP contribution >= 0.6 is 0 Å². The van der Waals surface area contributed by atoms with E-state index in [2.05, 4.69) is 19.4 Å². The predicted molar refractivity (Wildman–Crippen MR) is 106 cm³/mol. The minimum atomic E-state index is -4.52. The standard InChI is InChI=1S/C20H14F3N3O4S/c1-29-17-11-13(20(21,22)23)2-4-16(17)19-15-5-3-14(10-12(15)6-8-24-19)31(27,28)26-18-7-9-30-25-18/h2-11H,1H3,(H,25,26). The van der Waals surface area contributed by atoms with Crippen LogP contribution in [-0.4, -0.2) is 25.7 Å². The van der Waals surface area contributed by atoms with Crippen molar-refractivity contribution in [2.45, 2.75) is 11.1 Å². The first kappa shape index (κ1) is 20.7. The van der Waals surface area contributed by atoms with E-state index in [-0.39, 0.29) is 16.5 Å². The van der Waals surface area contributed by atoms with E-state index in [1.807, 2.05) is 0 Å². The van der Waals surface area contributed by atoms with Crippen LogP contribution in [-0.2, 0) is 16.2 Å². The maximum atomic E-state index is 13.0. The largest absolute Gasteiger partial charge is 0.496 e. The first-order valence-corrected chi connectivity index (χ1v) is 10.2. The minimum absolute atomic E-state index is 0.000720. The van der Waals surface area contributed by atoms with E-state index in [0.717, 1.165) is 12.1 Å². The molecule has 0 aliphatic heterocycles. The van der Waals surface area contributed by atoms with Gasteiger partial charge in [0.1, 0.15) is 12.0 Å². The monoisotopic (exact) mass is 449 g/mol. The highest BCUT2D eigenvalue weighted by Gasteiger charge is 2.31. The maximum Gasteiger partial charge on any atom is 0.416 e. The molecule has 0 saturated carbocycles. The third kappa shape index (κ3) is 4.04. The van der Waals surface area contributed by atoms with E-state index >= 15 is 0 Å². The number of halogens is 3. The lowest BCUT2D eigenvalue weighted by molar-refractivity contribution is -0.137. The van der Waals surface area contributed by atoms with Gasteiger partial charge in [0, 0.05) is 23.2 Å². The van der Waals surface area contributed by atoms with E-state index in [1.54, 1.807) is 6.07 Å². The molecule has 0 bridgehead atoms.